The van der Waals surface area contributed by atoms with E-state index in [-0.39, 0.29) is 11.8 Å². The maximum atomic E-state index is 12.0. The van der Waals surface area contributed by atoms with Crippen molar-refractivity contribution >= 4 is 11.9 Å². The molecule has 0 saturated carbocycles. The fourth-order valence-electron chi connectivity index (χ4n) is 1.76. The van der Waals surface area contributed by atoms with Gasteiger partial charge in [-0.1, -0.05) is 39.8 Å². The first-order valence-electron chi connectivity index (χ1n) is 6.46. The van der Waals surface area contributed by atoms with Gasteiger partial charge >= 0.3 is 5.97 Å². The quantitative estimate of drug-likeness (QED) is 0.858. The van der Waals surface area contributed by atoms with Crippen LogP contribution in [0.3, 0.4) is 0 Å². The Bertz CT molecular complexity index is 449. The minimum Gasteiger partial charge on any atom is -0.480 e. The van der Waals surface area contributed by atoms with Crippen molar-refractivity contribution in [3.63, 3.8) is 0 Å². The molecule has 0 aliphatic carbocycles. The molecule has 1 rings (SSSR count). The summed E-state index contributed by atoms with van der Waals surface area (Å²) in [5.41, 5.74) is 1.63. The molecule has 19 heavy (non-hydrogen) atoms. The molecule has 104 valence electrons. The highest BCUT2D eigenvalue weighted by atomic mass is 16.4. The van der Waals surface area contributed by atoms with Crippen LogP contribution in [0.5, 0.6) is 0 Å². The Morgan fingerprint density at radius 3 is 1.95 bits per heavy atom. The van der Waals surface area contributed by atoms with E-state index < -0.39 is 12.0 Å². The molecule has 1 atom stereocenters. The second kappa shape index (κ2) is 6.36. The smallest absolute Gasteiger partial charge is 0.326 e. The number of carbonyl (C=O) groups excluding carboxylic acids is 1. The van der Waals surface area contributed by atoms with Gasteiger partial charge in [0.2, 0.25) is 0 Å². The largest absolute Gasteiger partial charge is 0.480 e. The summed E-state index contributed by atoms with van der Waals surface area (Å²) in [4.78, 5) is 23.0. The first-order chi connectivity index (χ1) is 8.82. The van der Waals surface area contributed by atoms with Gasteiger partial charge in [-0.3, -0.25) is 4.79 Å². The third-order valence-electron chi connectivity index (χ3n) is 3.06. The highest BCUT2D eigenvalue weighted by Crippen LogP contribution is 2.15. The zero-order valence-electron chi connectivity index (χ0n) is 11.8. The van der Waals surface area contributed by atoms with Gasteiger partial charge in [0.05, 0.1) is 0 Å². The summed E-state index contributed by atoms with van der Waals surface area (Å²) in [7, 11) is 0. The summed E-state index contributed by atoms with van der Waals surface area (Å²) in [6.07, 6.45) is 0. The van der Waals surface area contributed by atoms with Crippen molar-refractivity contribution in [1.82, 2.24) is 5.32 Å². The van der Waals surface area contributed by atoms with Gasteiger partial charge in [-0.05, 0) is 29.5 Å². The fourth-order valence-corrected chi connectivity index (χ4v) is 1.76. The fraction of sp³-hybridized carbons (Fsp3) is 0.467. The van der Waals surface area contributed by atoms with E-state index in [9.17, 15) is 9.59 Å². The SMILES string of the molecule is CC(C)c1ccc(C(=O)NC(C(=O)O)C(C)C)cc1. The van der Waals surface area contributed by atoms with Gasteiger partial charge in [0.1, 0.15) is 6.04 Å². The van der Waals surface area contributed by atoms with Crippen LogP contribution in [0.15, 0.2) is 24.3 Å². The van der Waals surface area contributed by atoms with Crippen LogP contribution >= 0.6 is 0 Å². The van der Waals surface area contributed by atoms with Crippen LogP contribution < -0.4 is 5.32 Å². The molecule has 1 aromatic rings. The van der Waals surface area contributed by atoms with Gasteiger partial charge in [0.25, 0.3) is 5.91 Å². The topological polar surface area (TPSA) is 66.4 Å². The molecule has 1 amide bonds. The summed E-state index contributed by atoms with van der Waals surface area (Å²) in [5, 5.41) is 11.6. The second-order valence-electron chi connectivity index (χ2n) is 5.31. The molecule has 0 aromatic heterocycles. The van der Waals surface area contributed by atoms with Crippen LogP contribution in [0, 0.1) is 5.92 Å². The molecule has 0 saturated heterocycles. The van der Waals surface area contributed by atoms with Crippen LogP contribution in [0.25, 0.3) is 0 Å². The van der Waals surface area contributed by atoms with E-state index in [1.807, 2.05) is 12.1 Å². The summed E-state index contributed by atoms with van der Waals surface area (Å²) in [5.74, 6) is -1.12. The lowest BCUT2D eigenvalue weighted by Crippen LogP contribution is -2.44. The van der Waals surface area contributed by atoms with Gasteiger partial charge < -0.3 is 10.4 Å². The van der Waals surface area contributed by atoms with E-state index in [0.29, 0.717) is 11.5 Å². The van der Waals surface area contributed by atoms with Crippen molar-refractivity contribution in [1.29, 1.82) is 0 Å². The van der Waals surface area contributed by atoms with Crippen molar-refractivity contribution in [2.24, 2.45) is 5.92 Å². The number of benzene rings is 1. The van der Waals surface area contributed by atoms with E-state index in [4.69, 9.17) is 5.11 Å². The number of carboxylic acids is 1. The summed E-state index contributed by atoms with van der Waals surface area (Å²) in [6.45, 7) is 7.68. The van der Waals surface area contributed by atoms with Gasteiger partial charge in [0.15, 0.2) is 0 Å². The van der Waals surface area contributed by atoms with Crippen molar-refractivity contribution < 1.29 is 14.7 Å². The lowest BCUT2D eigenvalue weighted by molar-refractivity contribution is -0.140. The predicted molar refractivity (Wildman–Crippen MR) is 74.3 cm³/mol. The van der Waals surface area contributed by atoms with Crippen LogP contribution in [-0.4, -0.2) is 23.0 Å². The molecule has 1 unspecified atom stereocenters. The number of rotatable bonds is 5. The van der Waals surface area contributed by atoms with Gasteiger partial charge in [-0.15, -0.1) is 0 Å². The number of amides is 1. The summed E-state index contributed by atoms with van der Waals surface area (Å²) in [6, 6.07) is 6.38. The summed E-state index contributed by atoms with van der Waals surface area (Å²) < 4.78 is 0. The first kappa shape index (κ1) is 15.2. The molecular weight excluding hydrogens is 242 g/mol. The number of hydrogen-bond donors (Lipinski definition) is 2. The minimum absolute atomic E-state index is 0.156. The number of hydrogen-bond acceptors (Lipinski definition) is 2. The van der Waals surface area contributed by atoms with E-state index in [0.717, 1.165) is 5.56 Å². The average Bonchev–Trinajstić information content (AvgIpc) is 2.34. The zero-order chi connectivity index (χ0) is 14.6. The van der Waals surface area contributed by atoms with Gasteiger partial charge in [-0.2, -0.15) is 0 Å². The normalized spacial score (nSPS) is 12.5. The Balaban J connectivity index is 2.80. The molecule has 0 heterocycles. The minimum atomic E-state index is -1.01. The van der Waals surface area contributed by atoms with Crippen molar-refractivity contribution in [2.75, 3.05) is 0 Å². The Kier molecular flexibility index (Phi) is 5.10. The third kappa shape index (κ3) is 4.09. The Hall–Kier alpha value is -1.84. The first-order valence-corrected chi connectivity index (χ1v) is 6.46. The Morgan fingerprint density at radius 1 is 1.05 bits per heavy atom. The molecule has 0 radical (unpaired) electrons. The number of nitrogens with one attached hydrogen (secondary N) is 1. The van der Waals surface area contributed by atoms with Crippen LogP contribution in [-0.2, 0) is 4.79 Å². The standard InChI is InChI=1S/C15H21NO3/c1-9(2)11-5-7-12(8-6-11)14(17)16-13(10(3)4)15(18)19/h5-10,13H,1-4H3,(H,16,17)(H,18,19). The molecule has 1 aromatic carbocycles. The van der Waals surface area contributed by atoms with Crippen LogP contribution in [0.1, 0.15) is 49.5 Å². The predicted octanol–water partition coefficient (Wildman–Crippen LogP) is 2.65. The van der Waals surface area contributed by atoms with E-state index >= 15 is 0 Å². The average molecular weight is 263 g/mol. The molecule has 4 nitrogen and oxygen atoms in total. The molecule has 0 bridgehead atoms. The maximum Gasteiger partial charge on any atom is 0.326 e. The molecule has 0 spiro atoms. The van der Waals surface area contributed by atoms with Crippen molar-refractivity contribution in [2.45, 2.75) is 39.7 Å². The van der Waals surface area contributed by atoms with Crippen molar-refractivity contribution in [3.8, 4) is 0 Å². The lowest BCUT2D eigenvalue weighted by Gasteiger charge is -2.18. The summed E-state index contributed by atoms with van der Waals surface area (Å²) >= 11 is 0. The van der Waals surface area contributed by atoms with E-state index in [1.165, 1.54) is 0 Å². The van der Waals surface area contributed by atoms with Gasteiger partial charge in [-0.25, -0.2) is 4.79 Å². The molecule has 4 heteroatoms. The molecule has 0 aliphatic rings. The third-order valence-corrected chi connectivity index (χ3v) is 3.06. The van der Waals surface area contributed by atoms with Crippen LogP contribution in [0.2, 0.25) is 0 Å². The number of carbonyl (C=O) groups is 2. The molecule has 0 fully saturated rings. The molecule has 2 N–H and O–H groups in total. The molecular formula is C15H21NO3. The second-order valence-corrected chi connectivity index (χ2v) is 5.31. The Labute approximate surface area is 113 Å². The molecule has 0 aliphatic heterocycles. The highest BCUT2D eigenvalue weighted by molar-refractivity contribution is 5.96. The number of aliphatic carboxylic acids is 1. The zero-order valence-corrected chi connectivity index (χ0v) is 11.8. The number of carboxylic acid groups (broad SMARTS) is 1. The Morgan fingerprint density at radius 2 is 1.58 bits per heavy atom. The monoisotopic (exact) mass is 263 g/mol. The van der Waals surface area contributed by atoms with Crippen molar-refractivity contribution in [3.05, 3.63) is 35.4 Å². The van der Waals surface area contributed by atoms with E-state index in [2.05, 4.69) is 19.2 Å². The maximum absolute atomic E-state index is 12.0. The lowest BCUT2D eigenvalue weighted by atomic mass is 10.0. The van der Waals surface area contributed by atoms with Gasteiger partial charge in [0, 0.05) is 5.56 Å². The van der Waals surface area contributed by atoms with Crippen LogP contribution in [0.4, 0.5) is 0 Å². The van der Waals surface area contributed by atoms with E-state index in [1.54, 1.807) is 26.0 Å². The highest BCUT2D eigenvalue weighted by Gasteiger charge is 2.23.